The summed E-state index contributed by atoms with van der Waals surface area (Å²) in [6.45, 7) is 3.96. The Bertz CT molecular complexity index is 563. The predicted molar refractivity (Wildman–Crippen MR) is 82.0 cm³/mol. The SMILES string of the molecule is CCc1ccc(S(=O)(=O)NC(C)C2CCCC2)cc1N. The number of nitrogens with two attached hydrogens (primary N) is 1. The van der Waals surface area contributed by atoms with Gasteiger partial charge < -0.3 is 5.73 Å². The van der Waals surface area contributed by atoms with E-state index in [1.54, 1.807) is 18.2 Å². The van der Waals surface area contributed by atoms with E-state index in [0.717, 1.165) is 24.8 Å². The van der Waals surface area contributed by atoms with Crippen molar-refractivity contribution < 1.29 is 8.42 Å². The van der Waals surface area contributed by atoms with Crippen LogP contribution in [0.3, 0.4) is 0 Å². The number of nitrogens with one attached hydrogen (secondary N) is 1. The van der Waals surface area contributed by atoms with Gasteiger partial charge in [0.25, 0.3) is 0 Å². The quantitative estimate of drug-likeness (QED) is 0.821. The molecule has 2 rings (SSSR count). The minimum Gasteiger partial charge on any atom is -0.398 e. The van der Waals surface area contributed by atoms with Crippen LogP contribution >= 0.6 is 0 Å². The first-order valence-electron chi connectivity index (χ1n) is 7.34. The monoisotopic (exact) mass is 296 g/mol. The number of nitrogen functional groups attached to an aromatic ring is 1. The Labute approximate surface area is 121 Å². The van der Waals surface area contributed by atoms with E-state index in [1.807, 2.05) is 13.8 Å². The second-order valence-corrected chi connectivity index (χ2v) is 7.38. The zero-order chi connectivity index (χ0) is 14.8. The van der Waals surface area contributed by atoms with Crippen LogP contribution in [0.25, 0.3) is 0 Å². The van der Waals surface area contributed by atoms with E-state index in [4.69, 9.17) is 5.73 Å². The molecule has 0 amide bonds. The number of anilines is 1. The van der Waals surface area contributed by atoms with Crippen LogP contribution in [0.4, 0.5) is 5.69 Å². The highest BCUT2D eigenvalue weighted by Crippen LogP contribution is 2.28. The summed E-state index contributed by atoms with van der Waals surface area (Å²) in [7, 11) is -3.47. The predicted octanol–water partition coefficient (Wildman–Crippen LogP) is 2.69. The first kappa shape index (κ1) is 15.3. The van der Waals surface area contributed by atoms with Gasteiger partial charge in [0.15, 0.2) is 0 Å². The summed E-state index contributed by atoms with van der Waals surface area (Å²) in [6, 6.07) is 4.97. The van der Waals surface area contributed by atoms with Gasteiger partial charge in [-0.2, -0.15) is 0 Å². The lowest BCUT2D eigenvalue weighted by Crippen LogP contribution is -2.37. The van der Waals surface area contributed by atoms with Crippen molar-refractivity contribution in [1.82, 2.24) is 4.72 Å². The molecular weight excluding hydrogens is 272 g/mol. The van der Waals surface area contributed by atoms with E-state index in [1.165, 1.54) is 12.8 Å². The van der Waals surface area contributed by atoms with Crippen molar-refractivity contribution in [3.05, 3.63) is 23.8 Å². The highest BCUT2D eigenvalue weighted by Gasteiger charge is 2.26. The van der Waals surface area contributed by atoms with Crippen LogP contribution in [-0.2, 0) is 16.4 Å². The summed E-state index contributed by atoms with van der Waals surface area (Å²) < 4.78 is 27.6. The first-order valence-corrected chi connectivity index (χ1v) is 8.83. The Morgan fingerprint density at radius 2 is 2.00 bits per heavy atom. The van der Waals surface area contributed by atoms with Crippen LogP contribution in [-0.4, -0.2) is 14.5 Å². The van der Waals surface area contributed by atoms with Gasteiger partial charge >= 0.3 is 0 Å². The molecular formula is C15H24N2O2S. The number of rotatable bonds is 5. The van der Waals surface area contributed by atoms with Crippen molar-refractivity contribution >= 4 is 15.7 Å². The molecule has 1 unspecified atom stereocenters. The molecule has 1 aromatic carbocycles. The second kappa shape index (κ2) is 6.14. The van der Waals surface area contributed by atoms with E-state index >= 15 is 0 Å². The maximum atomic E-state index is 12.4. The summed E-state index contributed by atoms with van der Waals surface area (Å²) >= 11 is 0. The summed E-state index contributed by atoms with van der Waals surface area (Å²) in [5, 5.41) is 0. The molecule has 0 aromatic heterocycles. The fourth-order valence-corrected chi connectivity index (χ4v) is 4.28. The molecule has 0 radical (unpaired) electrons. The highest BCUT2D eigenvalue weighted by atomic mass is 32.2. The molecule has 5 heteroatoms. The zero-order valence-electron chi connectivity index (χ0n) is 12.2. The minimum absolute atomic E-state index is 0.0189. The summed E-state index contributed by atoms with van der Waals surface area (Å²) in [6.07, 6.45) is 5.43. The average molecular weight is 296 g/mol. The van der Waals surface area contributed by atoms with Crippen LogP contribution in [0.1, 0.15) is 45.1 Å². The molecule has 1 fully saturated rings. The van der Waals surface area contributed by atoms with E-state index in [2.05, 4.69) is 4.72 Å². The second-order valence-electron chi connectivity index (χ2n) is 5.67. The molecule has 0 bridgehead atoms. The van der Waals surface area contributed by atoms with Crippen molar-refractivity contribution in [3.8, 4) is 0 Å². The zero-order valence-corrected chi connectivity index (χ0v) is 13.0. The fraction of sp³-hybridized carbons (Fsp3) is 0.600. The molecule has 3 N–H and O–H groups in total. The molecule has 1 aromatic rings. The van der Waals surface area contributed by atoms with E-state index in [0.29, 0.717) is 11.6 Å². The van der Waals surface area contributed by atoms with Crippen molar-refractivity contribution in [1.29, 1.82) is 0 Å². The first-order chi connectivity index (χ1) is 9.44. The molecule has 1 saturated carbocycles. The molecule has 0 aliphatic heterocycles. The Balaban J connectivity index is 2.15. The van der Waals surface area contributed by atoms with Gasteiger partial charge in [0.2, 0.25) is 10.0 Å². The number of hydrogen-bond acceptors (Lipinski definition) is 3. The van der Waals surface area contributed by atoms with E-state index in [-0.39, 0.29) is 10.9 Å². The number of aryl methyl sites for hydroxylation is 1. The van der Waals surface area contributed by atoms with Gasteiger partial charge in [0.1, 0.15) is 0 Å². The van der Waals surface area contributed by atoms with Gasteiger partial charge in [0, 0.05) is 11.7 Å². The molecule has 0 spiro atoms. The van der Waals surface area contributed by atoms with Gasteiger partial charge in [-0.05, 0) is 49.8 Å². The highest BCUT2D eigenvalue weighted by molar-refractivity contribution is 7.89. The van der Waals surface area contributed by atoms with Crippen LogP contribution in [0.15, 0.2) is 23.1 Å². The molecule has 112 valence electrons. The number of benzene rings is 1. The van der Waals surface area contributed by atoms with Crippen LogP contribution in [0.5, 0.6) is 0 Å². The van der Waals surface area contributed by atoms with Crippen molar-refractivity contribution in [2.24, 2.45) is 5.92 Å². The van der Waals surface area contributed by atoms with Gasteiger partial charge in [-0.3, -0.25) is 0 Å². The molecule has 20 heavy (non-hydrogen) atoms. The van der Waals surface area contributed by atoms with Crippen molar-refractivity contribution in [2.45, 2.75) is 56.9 Å². The molecule has 1 aliphatic rings. The molecule has 1 atom stereocenters. The largest absolute Gasteiger partial charge is 0.398 e. The van der Waals surface area contributed by atoms with Crippen LogP contribution in [0.2, 0.25) is 0 Å². The van der Waals surface area contributed by atoms with Crippen molar-refractivity contribution in [2.75, 3.05) is 5.73 Å². The molecule has 0 heterocycles. The van der Waals surface area contributed by atoms with E-state index < -0.39 is 10.0 Å². The third kappa shape index (κ3) is 3.33. The van der Waals surface area contributed by atoms with Crippen molar-refractivity contribution in [3.63, 3.8) is 0 Å². The number of hydrogen-bond donors (Lipinski definition) is 2. The van der Waals surface area contributed by atoms with Crippen LogP contribution < -0.4 is 10.5 Å². The van der Waals surface area contributed by atoms with Crippen LogP contribution in [0, 0.1) is 5.92 Å². The van der Waals surface area contributed by atoms with Gasteiger partial charge in [-0.1, -0.05) is 25.8 Å². The van der Waals surface area contributed by atoms with Gasteiger partial charge in [-0.25, -0.2) is 13.1 Å². The topological polar surface area (TPSA) is 72.2 Å². The number of sulfonamides is 1. The standard InChI is InChI=1S/C15H24N2O2S/c1-3-12-8-9-14(10-15(12)16)20(18,19)17-11(2)13-6-4-5-7-13/h8-11,13,17H,3-7,16H2,1-2H3. The normalized spacial score (nSPS) is 18.3. The third-order valence-corrected chi connectivity index (χ3v) is 5.81. The molecule has 4 nitrogen and oxygen atoms in total. The molecule has 1 aliphatic carbocycles. The fourth-order valence-electron chi connectivity index (χ4n) is 2.93. The lowest BCUT2D eigenvalue weighted by Gasteiger charge is -2.20. The minimum atomic E-state index is -3.47. The Kier molecular flexibility index (Phi) is 4.70. The summed E-state index contributed by atoms with van der Waals surface area (Å²) in [5.74, 6) is 0.456. The summed E-state index contributed by atoms with van der Waals surface area (Å²) in [5.41, 5.74) is 7.41. The Morgan fingerprint density at radius 1 is 1.35 bits per heavy atom. The molecule has 0 saturated heterocycles. The average Bonchev–Trinajstić information content (AvgIpc) is 2.92. The maximum Gasteiger partial charge on any atom is 0.240 e. The maximum absolute atomic E-state index is 12.4. The van der Waals surface area contributed by atoms with E-state index in [9.17, 15) is 8.42 Å². The third-order valence-electron chi connectivity index (χ3n) is 4.26. The lowest BCUT2D eigenvalue weighted by atomic mass is 10.0. The van der Waals surface area contributed by atoms with Gasteiger partial charge in [-0.15, -0.1) is 0 Å². The Hall–Kier alpha value is -1.07. The van der Waals surface area contributed by atoms with Gasteiger partial charge in [0.05, 0.1) is 4.90 Å². The smallest absolute Gasteiger partial charge is 0.240 e. The summed E-state index contributed by atoms with van der Waals surface area (Å²) in [4.78, 5) is 0.261. The lowest BCUT2D eigenvalue weighted by molar-refractivity contribution is 0.424. The Morgan fingerprint density at radius 3 is 2.55 bits per heavy atom.